The van der Waals surface area contributed by atoms with E-state index in [2.05, 4.69) is 5.10 Å². The Labute approximate surface area is 110 Å². The molecule has 1 aliphatic rings. The second-order valence-electron chi connectivity index (χ2n) is 4.69. The minimum atomic E-state index is -1.02. The molecule has 2 aromatic rings. The Hall–Kier alpha value is -2.30. The molecule has 98 valence electrons. The van der Waals surface area contributed by atoms with E-state index in [0.29, 0.717) is 6.10 Å². The summed E-state index contributed by atoms with van der Waals surface area (Å²) in [5.74, 6) is -0.203. The summed E-state index contributed by atoms with van der Waals surface area (Å²) in [5, 5.41) is 12.9. The van der Waals surface area contributed by atoms with Crippen LogP contribution in [-0.2, 0) is 7.05 Å². The molecule has 0 unspecified atom stereocenters. The van der Waals surface area contributed by atoms with Gasteiger partial charge in [0.2, 0.25) is 0 Å². The van der Waals surface area contributed by atoms with E-state index in [0.717, 1.165) is 29.8 Å². The third-order valence-electron chi connectivity index (χ3n) is 3.06. The molecule has 1 aromatic heterocycles. The maximum Gasteiger partial charge on any atom is 0.356 e. The average molecular weight is 258 g/mol. The molecule has 3 rings (SSSR count). The number of carbonyl (C=O) groups is 1. The van der Waals surface area contributed by atoms with Gasteiger partial charge < -0.3 is 9.84 Å². The Morgan fingerprint density at radius 2 is 2.21 bits per heavy atom. The fourth-order valence-corrected chi connectivity index (χ4v) is 1.95. The Balaban J connectivity index is 1.94. The quantitative estimate of drug-likeness (QED) is 0.914. The van der Waals surface area contributed by atoms with Gasteiger partial charge in [0.1, 0.15) is 5.75 Å². The van der Waals surface area contributed by atoms with Gasteiger partial charge in [0.05, 0.1) is 11.8 Å². The topological polar surface area (TPSA) is 64.4 Å². The lowest BCUT2D eigenvalue weighted by Crippen LogP contribution is -1.99. The number of ether oxygens (including phenoxy) is 1. The van der Waals surface area contributed by atoms with Crippen molar-refractivity contribution in [3.63, 3.8) is 0 Å². The monoisotopic (exact) mass is 258 g/mol. The number of rotatable bonds is 4. The third kappa shape index (κ3) is 2.45. The van der Waals surface area contributed by atoms with Crippen molar-refractivity contribution in [2.45, 2.75) is 18.9 Å². The molecule has 1 fully saturated rings. The van der Waals surface area contributed by atoms with Crippen LogP contribution >= 0.6 is 0 Å². The molecule has 0 bridgehead atoms. The van der Waals surface area contributed by atoms with Crippen molar-refractivity contribution in [3.05, 3.63) is 36.0 Å². The van der Waals surface area contributed by atoms with Crippen LogP contribution in [0.1, 0.15) is 23.3 Å². The number of carboxylic acids is 1. The molecule has 1 aromatic carbocycles. The summed E-state index contributed by atoms with van der Waals surface area (Å²) in [4.78, 5) is 10.9. The number of aromatic nitrogens is 2. The average Bonchev–Trinajstić information content (AvgIpc) is 3.09. The van der Waals surface area contributed by atoms with Gasteiger partial charge in [0, 0.05) is 12.6 Å². The van der Waals surface area contributed by atoms with Crippen molar-refractivity contribution in [2.24, 2.45) is 7.05 Å². The minimum absolute atomic E-state index is 0.0472. The first-order chi connectivity index (χ1) is 9.13. The first kappa shape index (κ1) is 11.8. The molecule has 1 N–H and O–H groups in total. The summed E-state index contributed by atoms with van der Waals surface area (Å²) in [5.41, 5.74) is 1.71. The number of aryl methyl sites for hydroxylation is 1. The maximum atomic E-state index is 10.9. The van der Waals surface area contributed by atoms with Crippen LogP contribution in [-0.4, -0.2) is 27.0 Å². The first-order valence-corrected chi connectivity index (χ1v) is 6.18. The number of hydrogen-bond acceptors (Lipinski definition) is 3. The molecular weight excluding hydrogens is 244 g/mol. The Morgan fingerprint density at radius 3 is 2.84 bits per heavy atom. The summed E-state index contributed by atoms with van der Waals surface area (Å²) in [6, 6.07) is 9.22. The molecule has 0 saturated heterocycles. The summed E-state index contributed by atoms with van der Waals surface area (Å²) in [6.07, 6.45) is 2.56. The van der Waals surface area contributed by atoms with Crippen LogP contribution in [0.25, 0.3) is 11.3 Å². The Kier molecular flexibility index (Phi) is 2.74. The molecule has 1 heterocycles. The van der Waals surface area contributed by atoms with Gasteiger partial charge in [-0.15, -0.1) is 0 Å². The molecule has 5 heteroatoms. The molecular formula is C14H14N2O3. The predicted octanol–water partition coefficient (Wildman–Crippen LogP) is 2.33. The highest BCUT2D eigenvalue weighted by Crippen LogP contribution is 2.29. The predicted molar refractivity (Wildman–Crippen MR) is 69.3 cm³/mol. The maximum absolute atomic E-state index is 10.9. The third-order valence-corrected chi connectivity index (χ3v) is 3.06. The number of nitrogens with zero attached hydrogens (tertiary/aromatic N) is 2. The lowest BCUT2D eigenvalue weighted by molar-refractivity contribution is 0.0689. The van der Waals surface area contributed by atoms with Crippen LogP contribution in [0, 0.1) is 0 Å². The van der Waals surface area contributed by atoms with Crippen molar-refractivity contribution in [1.29, 1.82) is 0 Å². The van der Waals surface area contributed by atoms with Crippen LogP contribution in [0.2, 0.25) is 0 Å². The zero-order valence-electron chi connectivity index (χ0n) is 10.5. The summed E-state index contributed by atoms with van der Waals surface area (Å²) < 4.78 is 7.30. The Morgan fingerprint density at radius 1 is 1.42 bits per heavy atom. The number of hydrogen-bond donors (Lipinski definition) is 1. The van der Waals surface area contributed by atoms with Gasteiger partial charge >= 0.3 is 5.97 Å². The van der Waals surface area contributed by atoms with E-state index < -0.39 is 5.97 Å². The minimum Gasteiger partial charge on any atom is -0.490 e. The zero-order chi connectivity index (χ0) is 13.4. The standard InChI is InChI=1S/C14H14N2O3/c1-16-13(8-12(15-16)14(17)18)9-3-2-4-11(7-9)19-10-5-6-10/h2-4,7-8,10H,5-6H2,1H3,(H,17,18). The van der Waals surface area contributed by atoms with Crippen molar-refractivity contribution >= 4 is 5.97 Å². The van der Waals surface area contributed by atoms with Gasteiger partial charge in [-0.2, -0.15) is 5.10 Å². The smallest absolute Gasteiger partial charge is 0.356 e. The van der Waals surface area contributed by atoms with Crippen molar-refractivity contribution < 1.29 is 14.6 Å². The summed E-state index contributed by atoms with van der Waals surface area (Å²) in [6.45, 7) is 0. The molecule has 5 nitrogen and oxygen atoms in total. The largest absolute Gasteiger partial charge is 0.490 e. The van der Waals surface area contributed by atoms with Crippen LogP contribution in [0.5, 0.6) is 5.75 Å². The van der Waals surface area contributed by atoms with Crippen LogP contribution in [0.4, 0.5) is 0 Å². The van der Waals surface area contributed by atoms with E-state index in [-0.39, 0.29) is 5.69 Å². The molecule has 0 aliphatic heterocycles. The van der Waals surface area contributed by atoms with Gasteiger partial charge in [0.25, 0.3) is 0 Å². The molecule has 0 radical (unpaired) electrons. The van der Waals surface area contributed by atoms with Crippen LogP contribution < -0.4 is 4.74 Å². The first-order valence-electron chi connectivity index (χ1n) is 6.18. The highest BCUT2D eigenvalue weighted by molar-refractivity contribution is 5.87. The van der Waals surface area contributed by atoms with E-state index in [4.69, 9.17) is 9.84 Å². The van der Waals surface area contributed by atoms with Crippen molar-refractivity contribution in [2.75, 3.05) is 0 Å². The fraction of sp³-hybridized carbons (Fsp3) is 0.286. The summed E-state index contributed by atoms with van der Waals surface area (Å²) >= 11 is 0. The summed E-state index contributed by atoms with van der Waals surface area (Å²) in [7, 11) is 1.73. The molecule has 19 heavy (non-hydrogen) atoms. The normalized spacial score (nSPS) is 14.4. The highest BCUT2D eigenvalue weighted by Gasteiger charge is 2.23. The van der Waals surface area contributed by atoms with Gasteiger partial charge in [-0.1, -0.05) is 12.1 Å². The molecule has 0 atom stereocenters. The van der Waals surface area contributed by atoms with Crippen molar-refractivity contribution in [3.8, 4) is 17.0 Å². The van der Waals surface area contributed by atoms with E-state index in [9.17, 15) is 4.79 Å². The van der Waals surface area contributed by atoms with E-state index in [1.54, 1.807) is 17.8 Å². The van der Waals surface area contributed by atoms with Crippen molar-refractivity contribution in [1.82, 2.24) is 9.78 Å². The zero-order valence-corrected chi connectivity index (χ0v) is 10.5. The molecule has 1 aliphatic carbocycles. The van der Waals surface area contributed by atoms with E-state index in [1.165, 1.54) is 0 Å². The van der Waals surface area contributed by atoms with Gasteiger partial charge in [-0.3, -0.25) is 4.68 Å². The molecule has 0 spiro atoms. The van der Waals surface area contributed by atoms with Crippen LogP contribution in [0.3, 0.4) is 0 Å². The second kappa shape index (κ2) is 4.42. The Bertz CT molecular complexity index is 629. The fourth-order valence-electron chi connectivity index (χ4n) is 1.95. The van der Waals surface area contributed by atoms with Gasteiger partial charge in [0.15, 0.2) is 5.69 Å². The second-order valence-corrected chi connectivity index (χ2v) is 4.69. The van der Waals surface area contributed by atoms with Gasteiger partial charge in [-0.05, 0) is 31.0 Å². The number of aromatic carboxylic acids is 1. The van der Waals surface area contributed by atoms with E-state index in [1.807, 2.05) is 24.3 Å². The highest BCUT2D eigenvalue weighted by atomic mass is 16.5. The lowest BCUT2D eigenvalue weighted by atomic mass is 10.1. The van der Waals surface area contributed by atoms with Gasteiger partial charge in [-0.25, -0.2) is 4.79 Å². The SMILES string of the molecule is Cn1nc(C(=O)O)cc1-c1cccc(OC2CC2)c1. The van der Waals surface area contributed by atoms with Crippen LogP contribution in [0.15, 0.2) is 30.3 Å². The lowest BCUT2D eigenvalue weighted by Gasteiger charge is -2.07. The number of carboxylic acid groups (broad SMARTS) is 1. The molecule has 0 amide bonds. The number of benzene rings is 1. The molecule has 1 saturated carbocycles. The van der Waals surface area contributed by atoms with E-state index >= 15 is 0 Å².